The second kappa shape index (κ2) is 10.6. The molecule has 0 saturated carbocycles. The SMILES string of the molecule is C=CC1=C2/C(=C\C)C(C)(C)c3cc(-c4cc5c(C)c(c4)C(C)(C)c4cccc(c4C)C(C)(C)c4cccc-5c4C)cc4c5cccc(c5n2c34)C1(C)C. The summed E-state index contributed by atoms with van der Waals surface area (Å²) in [5.41, 5.74) is 23.6. The zero-order chi connectivity index (χ0) is 37.7. The fourth-order valence-corrected chi connectivity index (χ4v) is 11.4. The highest BCUT2D eigenvalue weighted by Gasteiger charge is 2.45. The fourth-order valence-electron chi connectivity index (χ4n) is 11.4. The number of allylic oxidation sites excluding steroid dienone is 5. The first kappa shape index (κ1) is 33.9. The molecule has 53 heavy (non-hydrogen) atoms. The Morgan fingerprint density at radius 2 is 1.04 bits per heavy atom. The van der Waals surface area contributed by atoms with Gasteiger partial charge >= 0.3 is 0 Å². The summed E-state index contributed by atoms with van der Waals surface area (Å²) in [7, 11) is 0. The van der Waals surface area contributed by atoms with Crippen molar-refractivity contribution in [3.63, 3.8) is 0 Å². The summed E-state index contributed by atoms with van der Waals surface area (Å²) in [4.78, 5) is 0. The van der Waals surface area contributed by atoms with Crippen molar-refractivity contribution in [2.24, 2.45) is 0 Å². The van der Waals surface area contributed by atoms with Gasteiger partial charge in [0.05, 0.1) is 16.7 Å². The second-order valence-corrected chi connectivity index (χ2v) is 18.3. The molecule has 266 valence electrons. The van der Waals surface area contributed by atoms with E-state index in [1.165, 1.54) is 111 Å². The highest BCUT2D eigenvalue weighted by atomic mass is 15.0. The number of hydrogen-bond donors (Lipinski definition) is 0. The predicted molar refractivity (Wildman–Crippen MR) is 228 cm³/mol. The number of rotatable bonds is 2. The lowest BCUT2D eigenvalue weighted by molar-refractivity contribution is 0.600. The smallest absolute Gasteiger partial charge is 0.0582 e. The van der Waals surface area contributed by atoms with E-state index in [0.717, 1.165) is 0 Å². The van der Waals surface area contributed by atoms with E-state index in [-0.39, 0.29) is 21.7 Å². The molecule has 0 atom stereocenters. The van der Waals surface area contributed by atoms with Gasteiger partial charge in [0.25, 0.3) is 0 Å². The largest absolute Gasteiger partial charge is 0.308 e. The average molecular weight is 692 g/mol. The zero-order valence-corrected chi connectivity index (χ0v) is 33.8. The molecule has 0 amide bonds. The molecule has 6 aromatic rings. The molecule has 2 aliphatic heterocycles. The molecule has 1 aliphatic carbocycles. The van der Waals surface area contributed by atoms with E-state index in [2.05, 4.69) is 185 Å². The first-order valence-electron chi connectivity index (χ1n) is 19.5. The minimum atomic E-state index is -0.220. The van der Waals surface area contributed by atoms with E-state index in [9.17, 15) is 0 Å². The summed E-state index contributed by atoms with van der Waals surface area (Å²) in [6.07, 6.45) is 4.47. The maximum absolute atomic E-state index is 4.39. The van der Waals surface area contributed by atoms with Crippen molar-refractivity contribution in [2.75, 3.05) is 0 Å². The summed E-state index contributed by atoms with van der Waals surface area (Å²) < 4.78 is 2.60. The molecule has 0 radical (unpaired) electrons. The first-order chi connectivity index (χ1) is 25.0. The van der Waals surface area contributed by atoms with Crippen LogP contribution in [0.1, 0.15) is 112 Å². The number of fused-ring (bicyclic) bond motifs is 8. The fraction of sp³-hybridized carbons (Fsp3) is 0.308. The molecule has 3 heterocycles. The van der Waals surface area contributed by atoms with Crippen LogP contribution < -0.4 is 0 Å². The molecule has 5 aromatic carbocycles. The number of benzene rings is 5. The van der Waals surface area contributed by atoms with Crippen LogP contribution in [0, 0.1) is 20.8 Å². The van der Waals surface area contributed by atoms with Crippen LogP contribution in [0.25, 0.3) is 49.8 Å². The van der Waals surface area contributed by atoms with E-state index in [0.29, 0.717) is 0 Å². The molecule has 6 bridgehead atoms. The number of para-hydroxylation sites is 1. The van der Waals surface area contributed by atoms with Gasteiger partial charge in [-0.1, -0.05) is 129 Å². The van der Waals surface area contributed by atoms with E-state index in [1.807, 2.05) is 0 Å². The molecule has 9 rings (SSSR count). The highest BCUT2D eigenvalue weighted by Crippen LogP contribution is 2.57. The summed E-state index contributed by atoms with van der Waals surface area (Å²) >= 11 is 0. The number of hydrogen-bond acceptors (Lipinski definition) is 0. The van der Waals surface area contributed by atoms with Crippen LogP contribution in [-0.4, -0.2) is 4.57 Å². The van der Waals surface area contributed by atoms with Gasteiger partial charge in [0, 0.05) is 32.4 Å². The van der Waals surface area contributed by atoms with Crippen LogP contribution in [0.2, 0.25) is 0 Å². The Kier molecular flexibility index (Phi) is 6.80. The Balaban J connectivity index is 1.43. The topological polar surface area (TPSA) is 4.93 Å². The third-order valence-corrected chi connectivity index (χ3v) is 14.2. The maximum atomic E-state index is 4.39. The van der Waals surface area contributed by atoms with Gasteiger partial charge in [-0.15, -0.1) is 0 Å². The Morgan fingerprint density at radius 1 is 0.509 bits per heavy atom. The lowest BCUT2D eigenvalue weighted by Crippen LogP contribution is -2.34. The van der Waals surface area contributed by atoms with Gasteiger partial charge in [-0.3, -0.25) is 0 Å². The second-order valence-electron chi connectivity index (χ2n) is 18.3. The van der Waals surface area contributed by atoms with Crippen LogP contribution in [0.3, 0.4) is 0 Å². The van der Waals surface area contributed by atoms with Gasteiger partial charge in [0.2, 0.25) is 0 Å². The Bertz CT molecular complexity index is 2710. The molecule has 0 N–H and O–H groups in total. The van der Waals surface area contributed by atoms with Gasteiger partial charge in [-0.25, -0.2) is 0 Å². The molecule has 3 aliphatic rings. The van der Waals surface area contributed by atoms with Gasteiger partial charge < -0.3 is 4.57 Å². The van der Waals surface area contributed by atoms with E-state index >= 15 is 0 Å². The van der Waals surface area contributed by atoms with Crippen LogP contribution in [-0.2, 0) is 21.7 Å². The van der Waals surface area contributed by atoms with E-state index in [1.54, 1.807) is 0 Å². The summed E-state index contributed by atoms with van der Waals surface area (Å²) in [6.45, 7) is 32.9. The molecule has 0 unspecified atom stereocenters. The Morgan fingerprint density at radius 3 is 1.70 bits per heavy atom. The van der Waals surface area contributed by atoms with Crippen LogP contribution >= 0.6 is 0 Å². The van der Waals surface area contributed by atoms with Crippen molar-refractivity contribution in [1.82, 2.24) is 4.57 Å². The highest BCUT2D eigenvalue weighted by molar-refractivity contribution is 6.17. The molecular formula is C52H53N. The van der Waals surface area contributed by atoms with Crippen molar-refractivity contribution >= 4 is 27.5 Å². The lowest BCUT2D eigenvalue weighted by Gasteiger charge is -2.43. The summed E-state index contributed by atoms with van der Waals surface area (Å²) in [6, 6.07) is 31.0. The molecular weight excluding hydrogens is 639 g/mol. The molecule has 0 fully saturated rings. The Labute approximate surface area is 316 Å². The van der Waals surface area contributed by atoms with Crippen molar-refractivity contribution in [3.8, 4) is 22.3 Å². The third kappa shape index (κ3) is 4.09. The minimum Gasteiger partial charge on any atom is -0.308 e. The molecule has 1 aromatic heterocycles. The molecule has 1 nitrogen and oxygen atoms in total. The van der Waals surface area contributed by atoms with Crippen LogP contribution in [0.15, 0.2) is 109 Å². The quantitative estimate of drug-likeness (QED) is 0.170. The normalized spacial score (nSPS) is 19.2. The first-order valence-corrected chi connectivity index (χ1v) is 19.5. The van der Waals surface area contributed by atoms with Gasteiger partial charge in [-0.2, -0.15) is 0 Å². The molecule has 0 saturated heterocycles. The molecule has 1 heteroatoms. The summed E-state index contributed by atoms with van der Waals surface area (Å²) in [5, 5.41) is 2.67. The molecule has 0 spiro atoms. The number of aromatic nitrogens is 1. The van der Waals surface area contributed by atoms with Gasteiger partial charge in [0.15, 0.2) is 0 Å². The van der Waals surface area contributed by atoms with Crippen LogP contribution in [0.5, 0.6) is 0 Å². The average Bonchev–Trinajstić information content (AvgIpc) is 3.44. The van der Waals surface area contributed by atoms with Crippen LogP contribution in [0.4, 0.5) is 0 Å². The van der Waals surface area contributed by atoms with Crippen molar-refractivity contribution in [1.29, 1.82) is 0 Å². The van der Waals surface area contributed by atoms with E-state index in [4.69, 9.17) is 0 Å². The third-order valence-electron chi connectivity index (χ3n) is 14.2. The van der Waals surface area contributed by atoms with Crippen molar-refractivity contribution in [2.45, 2.75) is 105 Å². The van der Waals surface area contributed by atoms with E-state index < -0.39 is 0 Å². The number of nitrogens with zero attached hydrogens (tertiary/aromatic N) is 1. The predicted octanol–water partition coefficient (Wildman–Crippen LogP) is 13.9. The summed E-state index contributed by atoms with van der Waals surface area (Å²) in [5.74, 6) is 0. The Hall–Kier alpha value is -4.88. The van der Waals surface area contributed by atoms with Gasteiger partial charge in [0.1, 0.15) is 0 Å². The zero-order valence-electron chi connectivity index (χ0n) is 33.8. The van der Waals surface area contributed by atoms with Gasteiger partial charge in [-0.05, 0) is 135 Å². The maximum Gasteiger partial charge on any atom is 0.0582 e. The monoisotopic (exact) mass is 691 g/mol. The van der Waals surface area contributed by atoms with Crippen molar-refractivity contribution < 1.29 is 0 Å². The van der Waals surface area contributed by atoms with Crippen molar-refractivity contribution in [3.05, 3.63) is 159 Å². The standard InChI is InChI=1S/C52H53N/c1-14-38-48-39(15-2)50(8,9)45-28-33(26-37-35-20-17-24-43(49(38,6)7)46(35)53(48)47(37)45)32-25-36-30(4)44(27-32)52(12,13)42-23-18-22-41(31(42)5)51(10,11)40-21-16-19-34(36)29(40)3/h14-28H,1H2,2-13H3/b39-15+. The lowest BCUT2D eigenvalue weighted by atomic mass is 9.67. The minimum absolute atomic E-state index is 0.141.